The van der Waals surface area contributed by atoms with Gasteiger partial charge in [-0.1, -0.05) is 26.7 Å². The van der Waals surface area contributed by atoms with Gasteiger partial charge in [0.15, 0.2) is 0 Å². The van der Waals surface area contributed by atoms with Gasteiger partial charge in [0.2, 0.25) is 5.91 Å². The SMILES string of the molecule is CC(C)CCCCNC(=O)c1ccc(NC(=O)CN2CCN(CC(=O)O)CCN(CC(=O)O)CCN(CC(=O)O)CC2)cc1. The van der Waals surface area contributed by atoms with Gasteiger partial charge in [0.05, 0.1) is 26.2 Å². The van der Waals surface area contributed by atoms with E-state index in [1.54, 1.807) is 39.0 Å². The van der Waals surface area contributed by atoms with E-state index in [1.807, 2.05) is 4.90 Å². The Morgan fingerprint density at radius 3 is 1.45 bits per heavy atom. The number of hydrogen-bond donors (Lipinski definition) is 5. The zero-order valence-corrected chi connectivity index (χ0v) is 25.9. The fraction of sp³-hybridized carbons (Fsp3) is 0.633. The van der Waals surface area contributed by atoms with Gasteiger partial charge in [0.25, 0.3) is 5.91 Å². The molecule has 0 aliphatic carbocycles. The molecule has 14 heteroatoms. The van der Waals surface area contributed by atoms with Crippen LogP contribution in [0.15, 0.2) is 24.3 Å². The highest BCUT2D eigenvalue weighted by molar-refractivity contribution is 5.96. The Balaban J connectivity index is 2.01. The standard InChI is InChI=1S/C30H48N6O8/c1-23(2)5-3-4-10-31-30(44)24-6-8-25(9-7-24)32-26(37)19-33-11-13-34(20-27(38)39)15-17-36(22-29(42)43)18-16-35(14-12-33)21-28(40)41/h6-9,23H,3-5,10-22H2,1-2H3,(H,31,44)(H,32,37)(H,38,39)(H,40,41)(H,42,43). The van der Waals surface area contributed by atoms with E-state index in [2.05, 4.69) is 24.5 Å². The highest BCUT2D eigenvalue weighted by Crippen LogP contribution is 2.11. The highest BCUT2D eigenvalue weighted by atomic mass is 16.4. The summed E-state index contributed by atoms with van der Waals surface area (Å²) in [5.41, 5.74) is 1.02. The molecule has 1 aliphatic rings. The van der Waals surface area contributed by atoms with Crippen molar-refractivity contribution in [2.45, 2.75) is 33.1 Å². The number of carboxylic acids is 3. The number of anilines is 1. The highest BCUT2D eigenvalue weighted by Gasteiger charge is 2.21. The lowest BCUT2D eigenvalue weighted by Crippen LogP contribution is -2.49. The summed E-state index contributed by atoms with van der Waals surface area (Å²) in [5.74, 6) is -2.88. The van der Waals surface area contributed by atoms with Crippen LogP contribution in [0.4, 0.5) is 5.69 Å². The molecule has 0 unspecified atom stereocenters. The van der Waals surface area contributed by atoms with Crippen LogP contribution in [0.2, 0.25) is 0 Å². The first-order valence-electron chi connectivity index (χ1n) is 15.1. The van der Waals surface area contributed by atoms with Crippen LogP contribution in [0, 0.1) is 5.92 Å². The van der Waals surface area contributed by atoms with E-state index in [0.717, 1.165) is 19.3 Å². The second-order valence-corrected chi connectivity index (χ2v) is 11.6. The number of carbonyl (C=O) groups excluding carboxylic acids is 2. The number of amides is 2. The number of carbonyl (C=O) groups is 5. The Morgan fingerprint density at radius 1 is 0.659 bits per heavy atom. The third-order valence-electron chi connectivity index (χ3n) is 7.30. The summed E-state index contributed by atoms with van der Waals surface area (Å²) in [7, 11) is 0. The van der Waals surface area contributed by atoms with Gasteiger partial charge in [0.1, 0.15) is 0 Å². The smallest absolute Gasteiger partial charge is 0.317 e. The van der Waals surface area contributed by atoms with Crippen molar-refractivity contribution in [2.24, 2.45) is 5.92 Å². The summed E-state index contributed by atoms with van der Waals surface area (Å²) in [6.45, 7) is 6.77. The van der Waals surface area contributed by atoms with Crippen LogP contribution in [0.5, 0.6) is 0 Å². The van der Waals surface area contributed by atoms with Crippen LogP contribution in [-0.4, -0.2) is 150 Å². The molecule has 0 radical (unpaired) electrons. The maximum Gasteiger partial charge on any atom is 0.317 e. The first kappa shape index (κ1) is 36.6. The van der Waals surface area contributed by atoms with Crippen LogP contribution >= 0.6 is 0 Å². The van der Waals surface area contributed by atoms with Gasteiger partial charge < -0.3 is 26.0 Å². The lowest BCUT2D eigenvalue weighted by atomic mass is 10.1. The lowest BCUT2D eigenvalue weighted by molar-refractivity contribution is -0.140. The third-order valence-corrected chi connectivity index (χ3v) is 7.30. The molecule has 2 amide bonds. The molecule has 14 nitrogen and oxygen atoms in total. The molecule has 1 saturated heterocycles. The Labute approximate surface area is 259 Å². The summed E-state index contributed by atoms with van der Waals surface area (Å²) in [6, 6.07) is 6.62. The number of unbranched alkanes of at least 4 members (excludes halogenated alkanes) is 1. The van der Waals surface area contributed by atoms with Crippen LogP contribution in [0.25, 0.3) is 0 Å². The largest absolute Gasteiger partial charge is 0.480 e. The molecule has 1 aromatic rings. The minimum atomic E-state index is -1.02. The zero-order valence-electron chi connectivity index (χ0n) is 25.9. The van der Waals surface area contributed by atoms with E-state index >= 15 is 0 Å². The minimum Gasteiger partial charge on any atom is -0.480 e. The molecule has 44 heavy (non-hydrogen) atoms. The molecule has 0 spiro atoms. The average Bonchev–Trinajstić information content (AvgIpc) is 2.93. The van der Waals surface area contributed by atoms with Crippen molar-refractivity contribution in [3.05, 3.63) is 29.8 Å². The molecular weight excluding hydrogens is 572 g/mol. The monoisotopic (exact) mass is 620 g/mol. The first-order chi connectivity index (χ1) is 20.9. The van der Waals surface area contributed by atoms with Crippen LogP contribution in [0.1, 0.15) is 43.5 Å². The fourth-order valence-electron chi connectivity index (χ4n) is 4.88. The van der Waals surface area contributed by atoms with E-state index in [-0.39, 0.29) is 38.0 Å². The molecular formula is C30H48N6O8. The zero-order chi connectivity index (χ0) is 32.5. The summed E-state index contributed by atoms with van der Waals surface area (Å²) in [5, 5.41) is 33.8. The second kappa shape index (κ2) is 19.6. The normalized spacial score (nSPS) is 16.5. The molecule has 1 aromatic carbocycles. The van der Waals surface area contributed by atoms with Crippen LogP contribution < -0.4 is 10.6 Å². The van der Waals surface area contributed by atoms with Crippen molar-refractivity contribution in [1.82, 2.24) is 24.9 Å². The molecule has 0 aromatic heterocycles. The summed E-state index contributed by atoms with van der Waals surface area (Å²) in [6.07, 6.45) is 3.09. The van der Waals surface area contributed by atoms with Gasteiger partial charge in [-0.3, -0.25) is 43.6 Å². The first-order valence-corrected chi connectivity index (χ1v) is 15.1. The van der Waals surface area contributed by atoms with E-state index in [1.165, 1.54) is 0 Å². The van der Waals surface area contributed by atoms with Gasteiger partial charge in [-0.2, -0.15) is 0 Å². The van der Waals surface area contributed by atoms with Gasteiger partial charge in [-0.15, -0.1) is 0 Å². The maximum atomic E-state index is 13.0. The molecule has 1 fully saturated rings. The van der Waals surface area contributed by atoms with Crippen molar-refractivity contribution in [2.75, 3.05) is 90.4 Å². The number of nitrogens with one attached hydrogen (secondary N) is 2. The Morgan fingerprint density at radius 2 is 1.07 bits per heavy atom. The molecule has 0 atom stereocenters. The Hall–Kier alpha value is -3.59. The number of aliphatic carboxylic acids is 3. The molecule has 0 saturated carbocycles. The summed E-state index contributed by atoms with van der Waals surface area (Å²) >= 11 is 0. The number of carboxylic acid groups (broad SMARTS) is 3. The van der Waals surface area contributed by atoms with Crippen LogP contribution in [0.3, 0.4) is 0 Å². The molecule has 0 bridgehead atoms. The minimum absolute atomic E-state index is 0.00836. The van der Waals surface area contributed by atoms with E-state index < -0.39 is 17.9 Å². The van der Waals surface area contributed by atoms with Crippen molar-refractivity contribution < 1.29 is 39.3 Å². The predicted molar refractivity (Wildman–Crippen MR) is 165 cm³/mol. The second-order valence-electron chi connectivity index (χ2n) is 11.6. The molecule has 2 rings (SSSR count). The summed E-state index contributed by atoms with van der Waals surface area (Å²) < 4.78 is 0. The number of hydrogen-bond acceptors (Lipinski definition) is 9. The third kappa shape index (κ3) is 15.8. The van der Waals surface area contributed by atoms with Gasteiger partial charge >= 0.3 is 17.9 Å². The van der Waals surface area contributed by atoms with Gasteiger partial charge in [0, 0.05) is 70.2 Å². The number of nitrogens with zero attached hydrogens (tertiary/aromatic N) is 4. The van der Waals surface area contributed by atoms with E-state index in [4.69, 9.17) is 0 Å². The molecule has 246 valence electrons. The van der Waals surface area contributed by atoms with E-state index in [0.29, 0.717) is 76.1 Å². The van der Waals surface area contributed by atoms with Gasteiger partial charge in [-0.25, -0.2) is 0 Å². The fourth-order valence-corrected chi connectivity index (χ4v) is 4.88. The topological polar surface area (TPSA) is 183 Å². The molecule has 5 N–H and O–H groups in total. The van der Waals surface area contributed by atoms with Crippen molar-refractivity contribution in [1.29, 1.82) is 0 Å². The van der Waals surface area contributed by atoms with E-state index in [9.17, 15) is 39.3 Å². The average molecular weight is 621 g/mol. The quantitative estimate of drug-likeness (QED) is 0.173. The Bertz CT molecular complexity index is 1050. The van der Waals surface area contributed by atoms with Gasteiger partial charge in [-0.05, 0) is 36.6 Å². The Kier molecular flexibility index (Phi) is 16.3. The maximum absolute atomic E-state index is 13.0. The van der Waals surface area contributed by atoms with Crippen molar-refractivity contribution in [3.63, 3.8) is 0 Å². The van der Waals surface area contributed by atoms with Crippen LogP contribution in [-0.2, 0) is 19.2 Å². The number of rotatable bonds is 15. The predicted octanol–water partition coefficient (Wildman–Crippen LogP) is 0.657. The molecule has 1 heterocycles. The van der Waals surface area contributed by atoms with Crippen molar-refractivity contribution in [3.8, 4) is 0 Å². The molecule has 1 aliphatic heterocycles. The van der Waals surface area contributed by atoms with Crippen molar-refractivity contribution >= 4 is 35.4 Å². The summed E-state index contributed by atoms with van der Waals surface area (Å²) in [4.78, 5) is 66.6. The lowest BCUT2D eigenvalue weighted by Gasteiger charge is -2.32. The number of benzene rings is 1.